The van der Waals surface area contributed by atoms with Crippen LogP contribution in [0.5, 0.6) is 0 Å². The summed E-state index contributed by atoms with van der Waals surface area (Å²) < 4.78 is 0. The van der Waals surface area contributed by atoms with Gasteiger partial charge in [0.15, 0.2) is 5.78 Å². The van der Waals surface area contributed by atoms with Gasteiger partial charge in [0.25, 0.3) is 0 Å². The maximum atomic E-state index is 14.5. The van der Waals surface area contributed by atoms with Crippen LogP contribution in [0.2, 0.25) is 0 Å². The number of nitrogens with zero attached hydrogens (tertiary/aromatic N) is 1. The number of aliphatic hydroxyl groups excluding tert-OH is 1. The van der Waals surface area contributed by atoms with Crippen molar-refractivity contribution in [2.24, 2.45) is 62.1 Å². The summed E-state index contributed by atoms with van der Waals surface area (Å²) in [6, 6.07) is 2.39. The van der Waals surface area contributed by atoms with Crippen molar-refractivity contribution in [3.8, 4) is 6.07 Å². The molecule has 0 bridgehead atoms. The third-order valence-electron chi connectivity index (χ3n) is 13.7. The fourth-order valence-corrected chi connectivity index (χ4v) is 11.4. The van der Waals surface area contributed by atoms with E-state index in [0.29, 0.717) is 25.7 Å². The van der Waals surface area contributed by atoms with Gasteiger partial charge in [0.05, 0.1) is 17.4 Å². The van der Waals surface area contributed by atoms with Crippen molar-refractivity contribution in [1.29, 1.82) is 5.26 Å². The molecule has 0 aromatic heterocycles. The van der Waals surface area contributed by atoms with Crippen molar-refractivity contribution in [2.45, 2.75) is 99.3 Å². The largest absolute Gasteiger partial charge is 0.481 e. The number of carbonyl (C=O) groups excluding carboxylic acids is 1. The highest BCUT2D eigenvalue weighted by atomic mass is 16.4. The SMILES string of the molecule is CC1(C)CC[C@]2(C(=O)O)CC[C@]3(C)C(=CC(=O)C4[C@@]5(CO)CC(C#N)C(CC(=O)O)C(C)(C)C5CC[C@]43C)C2C1. The van der Waals surface area contributed by atoms with E-state index in [1.54, 1.807) is 6.08 Å². The van der Waals surface area contributed by atoms with Gasteiger partial charge in [0.1, 0.15) is 0 Å². The molecule has 5 unspecified atom stereocenters. The van der Waals surface area contributed by atoms with Gasteiger partial charge in [-0.25, -0.2) is 0 Å². The van der Waals surface area contributed by atoms with E-state index in [1.165, 1.54) is 0 Å². The average Bonchev–Trinajstić information content (AvgIpc) is 2.85. The number of carboxylic acids is 2. The minimum Gasteiger partial charge on any atom is -0.481 e. The van der Waals surface area contributed by atoms with Crippen molar-refractivity contribution in [3.05, 3.63) is 11.6 Å². The Hall–Kier alpha value is -2.20. The lowest BCUT2D eigenvalue weighted by Crippen LogP contribution is -2.69. The number of hydrogen-bond acceptors (Lipinski definition) is 5. The van der Waals surface area contributed by atoms with Gasteiger partial charge in [-0.3, -0.25) is 14.4 Å². The highest BCUT2D eigenvalue weighted by Crippen LogP contribution is 2.76. The summed E-state index contributed by atoms with van der Waals surface area (Å²) in [5.41, 5.74) is -2.15. The average molecular weight is 554 g/mol. The lowest BCUT2D eigenvalue weighted by Gasteiger charge is -2.71. The third kappa shape index (κ3) is 3.60. The molecule has 5 aliphatic carbocycles. The molecular weight excluding hydrogens is 506 g/mol. The van der Waals surface area contributed by atoms with Crippen molar-refractivity contribution < 1.29 is 29.7 Å². The Morgan fingerprint density at radius 3 is 2.23 bits per heavy atom. The summed E-state index contributed by atoms with van der Waals surface area (Å²) >= 11 is 0. The number of rotatable bonds is 4. The maximum Gasteiger partial charge on any atom is 0.310 e. The van der Waals surface area contributed by atoms with Gasteiger partial charge >= 0.3 is 11.9 Å². The van der Waals surface area contributed by atoms with Gasteiger partial charge in [0.2, 0.25) is 0 Å². The number of nitriles is 1. The number of carboxylic acid groups (broad SMARTS) is 2. The minimum absolute atomic E-state index is 0.0138. The van der Waals surface area contributed by atoms with Crippen molar-refractivity contribution >= 4 is 17.7 Å². The standard InChI is InChI=1S/C33H47NO6/c1-28(2)9-11-32(27(39)40)12-10-30(5)21(22(32)16-28)13-23(36)26-31(30,6)8-7-24-29(3,4)20(14-25(37)38)19(17-34)15-33(24,26)18-35/h13,19-20,22,24,26,35H,7-12,14-16,18H2,1-6H3,(H,37,38)(H,39,40)/t19?,20?,22?,24?,26?,30-,31-,32+,33-/m1/s1. The molecule has 0 aromatic carbocycles. The highest BCUT2D eigenvalue weighted by Gasteiger charge is 2.73. The smallest absolute Gasteiger partial charge is 0.310 e. The number of allylic oxidation sites excluding steroid dienone is 2. The molecule has 7 nitrogen and oxygen atoms in total. The number of aliphatic carboxylic acids is 2. The Kier molecular flexibility index (Phi) is 6.52. The van der Waals surface area contributed by atoms with Crippen molar-refractivity contribution in [3.63, 3.8) is 0 Å². The van der Waals surface area contributed by atoms with E-state index < -0.39 is 50.8 Å². The van der Waals surface area contributed by atoms with Crippen LogP contribution in [0, 0.1) is 73.4 Å². The number of fused-ring (bicyclic) bond motifs is 7. The molecule has 9 atom stereocenters. The second-order valence-corrected chi connectivity index (χ2v) is 16.0. The zero-order valence-electron chi connectivity index (χ0n) is 25.0. The van der Waals surface area contributed by atoms with Gasteiger partial charge in [0, 0.05) is 24.4 Å². The first-order chi connectivity index (χ1) is 18.5. The number of aliphatic hydroxyl groups is 1. The van der Waals surface area contributed by atoms with Gasteiger partial charge in [-0.05, 0) is 96.9 Å². The molecule has 4 saturated carbocycles. The van der Waals surface area contributed by atoms with Gasteiger partial charge in [-0.1, -0.05) is 47.1 Å². The molecule has 0 spiro atoms. The van der Waals surface area contributed by atoms with E-state index in [0.717, 1.165) is 31.3 Å². The third-order valence-corrected chi connectivity index (χ3v) is 13.7. The fraction of sp³-hybridized carbons (Fsp3) is 0.818. The summed E-state index contributed by atoms with van der Waals surface area (Å²) in [7, 11) is 0. The minimum atomic E-state index is -0.927. The van der Waals surface area contributed by atoms with E-state index in [2.05, 4.69) is 33.8 Å². The van der Waals surface area contributed by atoms with Crippen LogP contribution in [0.4, 0.5) is 0 Å². The fourth-order valence-electron chi connectivity index (χ4n) is 11.4. The summed E-state index contributed by atoms with van der Waals surface area (Å²) in [4.78, 5) is 39.2. The molecule has 0 aromatic rings. The molecule has 4 fully saturated rings. The predicted octanol–water partition coefficient (Wildman–Crippen LogP) is 5.86. The summed E-state index contributed by atoms with van der Waals surface area (Å²) in [6.45, 7) is 12.7. The van der Waals surface area contributed by atoms with Crippen LogP contribution in [-0.2, 0) is 14.4 Å². The van der Waals surface area contributed by atoms with Crippen LogP contribution in [0.3, 0.4) is 0 Å². The Balaban J connectivity index is 1.67. The maximum absolute atomic E-state index is 14.5. The number of carbonyl (C=O) groups is 3. The van der Waals surface area contributed by atoms with E-state index in [-0.39, 0.29) is 42.0 Å². The molecule has 7 heteroatoms. The quantitative estimate of drug-likeness (QED) is 0.396. The Morgan fingerprint density at radius 2 is 1.65 bits per heavy atom. The summed E-state index contributed by atoms with van der Waals surface area (Å²) in [6.07, 6.45) is 6.96. The first-order valence-corrected chi connectivity index (χ1v) is 15.2. The molecule has 220 valence electrons. The lowest BCUT2D eigenvalue weighted by molar-refractivity contribution is -0.218. The lowest BCUT2D eigenvalue weighted by atomic mass is 9.32. The number of hydrogen-bond donors (Lipinski definition) is 3. The molecule has 0 aliphatic heterocycles. The van der Waals surface area contributed by atoms with E-state index in [1.807, 2.05) is 13.8 Å². The second-order valence-electron chi connectivity index (χ2n) is 16.0. The van der Waals surface area contributed by atoms with Gasteiger partial charge in [-0.2, -0.15) is 5.26 Å². The molecule has 5 rings (SSSR count). The summed E-state index contributed by atoms with van der Waals surface area (Å²) in [5, 5.41) is 41.7. The molecule has 40 heavy (non-hydrogen) atoms. The van der Waals surface area contributed by atoms with Crippen LogP contribution < -0.4 is 0 Å². The van der Waals surface area contributed by atoms with Crippen molar-refractivity contribution in [2.75, 3.05) is 6.61 Å². The first-order valence-electron chi connectivity index (χ1n) is 15.2. The van der Waals surface area contributed by atoms with E-state index in [9.17, 15) is 35.0 Å². The van der Waals surface area contributed by atoms with Crippen molar-refractivity contribution in [1.82, 2.24) is 0 Å². The molecule has 0 radical (unpaired) electrons. The van der Waals surface area contributed by atoms with Gasteiger partial charge < -0.3 is 15.3 Å². The molecule has 0 saturated heterocycles. The Bertz CT molecular complexity index is 1210. The van der Waals surface area contributed by atoms with Crippen LogP contribution in [0.15, 0.2) is 11.6 Å². The highest BCUT2D eigenvalue weighted by molar-refractivity contribution is 5.96. The van der Waals surface area contributed by atoms with Crippen LogP contribution >= 0.6 is 0 Å². The van der Waals surface area contributed by atoms with E-state index in [4.69, 9.17) is 0 Å². The topological polar surface area (TPSA) is 136 Å². The molecule has 0 amide bonds. The zero-order valence-corrected chi connectivity index (χ0v) is 25.0. The number of ketones is 1. The predicted molar refractivity (Wildman–Crippen MR) is 149 cm³/mol. The van der Waals surface area contributed by atoms with Crippen LogP contribution in [-0.4, -0.2) is 39.6 Å². The van der Waals surface area contributed by atoms with Crippen LogP contribution in [0.1, 0.15) is 99.3 Å². The first kappa shape index (κ1) is 29.3. The molecule has 3 N–H and O–H groups in total. The second kappa shape index (κ2) is 8.90. The molecule has 5 aliphatic rings. The normalized spacial score (nSPS) is 46.9. The van der Waals surface area contributed by atoms with E-state index >= 15 is 0 Å². The summed E-state index contributed by atoms with van der Waals surface area (Å²) in [5.74, 6) is -3.46. The molecule has 0 heterocycles. The zero-order chi connectivity index (χ0) is 29.7. The monoisotopic (exact) mass is 553 g/mol. The van der Waals surface area contributed by atoms with Crippen LogP contribution in [0.25, 0.3) is 0 Å². The Labute approximate surface area is 238 Å². The Morgan fingerprint density at radius 1 is 1.00 bits per heavy atom. The molecular formula is C33H47NO6. The van der Waals surface area contributed by atoms with Gasteiger partial charge in [-0.15, -0.1) is 0 Å².